The van der Waals surface area contributed by atoms with Gasteiger partial charge in [0.05, 0.1) is 36.4 Å². The van der Waals surface area contributed by atoms with Crippen molar-refractivity contribution in [2.75, 3.05) is 30.4 Å². The van der Waals surface area contributed by atoms with Crippen LogP contribution in [-0.2, 0) is 6.54 Å². The van der Waals surface area contributed by atoms with Crippen LogP contribution in [-0.4, -0.2) is 68.4 Å². The molecule has 0 radical (unpaired) electrons. The number of aromatic nitrogens is 5. The summed E-state index contributed by atoms with van der Waals surface area (Å²) in [6, 6.07) is 16.3. The fourth-order valence-electron chi connectivity index (χ4n) is 4.99. The van der Waals surface area contributed by atoms with Gasteiger partial charge in [0.25, 0.3) is 5.91 Å². The number of aliphatic hydroxyl groups is 1. The number of amides is 1. The summed E-state index contributed by atoms with van der Waals surface area (Å²) in [6.45, 7) is 1.68. The number of pyridine rings is 1. The smallest absolute Gasteiger partial charge is 0.497 e. The second-order valence-electron chi connectivity index (χ2n) is 10.3. The summed E-state index contributed by atoms with van der Waals surface area (Å²) < 4.78 is 49.2. The number of benzene rings is 2. The molecule has 44 heavy (non-hydrogen) atoms. The van der Waals surface area contributed by atoms with E-state index in [9.17, 15) is 23.1 Å². The zero-order chi connectivity index (χ0) is 30.8. The number of aromatic amines is 1. The molecule has 6 rings (SSSR count). The van der Waals surface area contributed by atoms with Gasteiger partial charge in [0.1, 0.15) is 23.0 Å². The van der Waals surface area contributed by atoms with Crippen LogP contribution in [0, 0.1) is 0 Å². The summed E-state index contributed by atoms with van der Waals surface area (Å²) in [7, 11) is 1.57. The molecule has 2 aromatic carbocycles. The maximum Gasteiger partial charge on any atom is 0.573 e. The van der Waals surface area contributed by atoms with E-state index in [4.69, 9.17) is 4.74 Å². The SMILES string of the molecule is COc1ccc(Cn2nc(NC(=O)c3ccc(N4CCC(O)CC4)nc3)cc2-c2nc3cc(OC(F)(F)F)ccc3[nH]2)cc1. The van der Waals surface area contributed by atoms with Gasteiger partial charge in [-0.2, -0.15) is 5.10 Å². The van der Waals surface area contributed by atoms with Crippen LogP contribution >= 0.6 is 0 Å². The number of nitrogens with zero attached hydrogens (tertiary/aromatic N) is 5. The van der Waals surface area contributed by atoms with Gasteiger partial charge in [0.2, 0.25) is 0 Å². The standard InChI is InChI=1S/C30H28F3N7O4/c1-43-21-5-2-18(3-6-21)17-40-25(28-35-23-8-7-22(14-24(23)36-28)44-30(31,32)33)15-26(38-40)37-29(42)19-4-9-27(34-16-19)39-12-10-20(41)11-13-39/h2-9,14-16,20,41H,10-13,17H2,1H3,(H,35,36)(H,37,38,42). The van der Waals surface area contributed by atoms with Crippen molar-refractivity contribution >= 4 is 28.6 Å². The van der Waals surface area contributed by atoms with E-state index >= 15 is 0 Å². The molecule has 3 N–H and O–H groups in total. The maximum atomic E-state index is 13.1. The van der Waals surface area contributed by atoms with Gasteiger partial charge in [-0.3, -0.25) is 9.48 Å². The van der Waals surface area contributed by atoms with E-state index in [1.807, 2.05) is 24.3 Å². The predicted octanol–water partition coefficient (Wildman–Crippen LogP) is 4.99. The van der Waals surface area contributed by atoms with Gasteiger partial charge in [-0.25, -0.2) is 9.97 Å². The molecular formula is C30H28F3N7O4. The average Bonchev–Trinajstić information content (AvgIpc) is 3.60. The van der Waals surface area contributed by atoms with Gasteiger partial charge in [0.15, 0.2) is 11.6 Å². The lowest BCUT2D eigenvalue weighted by molar-refractivity contribution is -0.274. The monoisotopic (exact) mass is 607 g/mol. The number of aliphatic hydroxyl groups excluding tert-OH is 1. The van der Waals surface area contributed by atoms with Gasteiger partial charge < -0.3 is 29.8 Å². The Morgan fingerprint density at radius 3 is 2.50 bits per heavy atom. The molecule has 0 atom stereocenters. The quantitative estimate of drug-likeness (QED) is 0.225. The zero-order valence-electron chi connectivity index (χ0n) is 23.5. The lowest BCUT2D eigenvalue weighted by atomic mass is 10.1. The molecule has 5 aromatic rings. The highest BCUT2D eigenvalue weighted by Crippen LogP contribution is 2.29. The number of ether oxygens (including phenoxy) is 2. The number of hydrogen-bond donors (Lipinski definition) is 3. The minimum Gasteiger partial charge on any atom is -0.497 e. The number of carbonyl (C=O) groups is 1. The third kappa shape index (κ3) is 6.59. The van der Waals surface area contributed by atoms with Crippen molar-refractivity contribution in [2.24, 2.45) is 0 Å². The molecule has 4 heterocycles. The van der Waals surface area contributed by atoms with Crippen LogP contribution < -0.4 is 19.7 Å². The molecule has 0 bridgehead atoms. The molecule has 0 spiro atoms. The normalized spacial score (nSPS) is 14.2. The highest BCUT2D eigenvalue weighted by atomic mass is 19.4. The third-order valence-electron chi connectivity index (χ3n) is 7.24. The van der Waals surface area contributed by atoms with Crippen LogP contribution in [0.2, 0.25) is 0 Å². The molecule has 1 fully saturated rings. The largest absolute Gasteiger partial charge is 0.573 e. The molecule has 0 aliphatic carbocycles. The first-order chi connectivity index (χ1) is 21.1. The molecule has 1 aliphatic rings. The number of piperidine rings is 1. The predicted molar refractivity (Wildman–Crippen MR) is 156 cm³/mol. The summed E-state index contributed by atoms with van der Waals surface area (Å²) in [5, 5.41) is 17.1. The molecule has 1 amide bonds. The summed E-state index contributed by atoms with van der Waals surface area (Å²) in [5.41, 5.74) is 2.46. The summed E-state index contributed by atoms with van der Waals surface area (Å²) >= 11 is 0. The van der Waals surface area contributed by atoms with Crippen molar-refractivity contribution < 1.29 is 32.5 Å². The van der Waals surface area contributed by atoms with Crippen molar-refractivity contribution in [2.45, 2.75) is 31.9 Å². The number of H-pyrrole nitrogens is 1. The molecule has 0 saturated carbocycles. The highest BCUT2D eigenvalue weighted by molar-refractivity contribution is 6.03. The highest BCUT2D eigenvalue weighted by Gasteiger charge is 2.31. The first kappa shape index (κ1) is 29.0. The molecule has 0 unspecified atom stereocenters. The van der Waals surface area contributed by atoms with Crippen LogP contribution in [0.5, 0.6) is 11.5 Å². The van der Waals surface area contributed by atoms with Crippen LogP contribution in [0.1, 0.15) is 28.8 Å². The number of rotatable bonds is 8. The van der Waals surface area contributed by atoms with Crippen molar-refractivity contribution in [1.29, 1.82) is 0 Å². The fourth-order valence-corrected chi connectivity index (χ4v) is 4.99. The number of nitrogens with one attached hydrogen (secondary N) is 2. The Morgan fingerprint density at radius 1 is 1.07 bits per heavy atom. The average molecular weight is 608 g/mol. The van der Waals surface area contributed by atoms with E-state index < -0.39 is 12.3 Å². The van der Waals surface area contributed by atoms with Gasteiger partial charge in [0, 0.05) is 31.4 Å². The van der Waals surface area contributed by atoms with E-state index in [0.29, 0.717) is 60.8 Å². The molecule has 1 saturated heterocycles. The van der Waals surface area contributed by atoms with E-state index in [1.165, 1.54) is 24.4 Å². The number of anilines is 2. The zero-order valence-corrected chi connectivity index (χ0v) is 23.5. The summed E-state index contributed by atoms with van der Waals surface area (Å²) in [6.07, 6.45) is -2.31. The second-order valence-corrected chi connectivity index (χ2v) is 10.3. The minimum atomic E-state index is -4.83. The fraction of sp³-hybridized carbons (Fsp3) is 0.267. The van der Waals surface area contributed by atoms with Crippen molar-refractivity contribution in [3.05, 3.63) is 78.0 Å². The number of halogens is 3. The molecular weight excluding hydrogens is 579 g/mol. The summed E-state index contributed by atoms with van der Waals surface area (Å²) in [5.74, 6) is 1.19. The topological polar surface area (TPSA) is 130 Å². The second kappa shape index (κ2) is 11.9. The van der Waals surface area contributed by atoms with Crippen molar-refractivity contribution in [3.8, 4) is 23.0 Å². The molecule has 11 nitrogen and oxygen atoms in total. The Kier molecular flexibility index (Phi) is 7.82. The van der Waals surface area contributed by atoms with Crippen LogP contribution in [0.15, 0.2) is 66.9 Å². The van der Waals surface area contributed by atoms with Gasteiger partial charge >= 0.3 is 6.36 Å². The Labute approximate surface area is 249 Å². The molecule has 14 heteroatoms. The molecule has 1 aliphatic heterocycles. The first-order valence-corrected chi connectivity index (χ1v) is 13.8. The molecule has 228 valence electrons. The lowest BCUT2D eigenvalue weighted by Crippen LogP contribution is -2.36. The van der Waals surface area contributed by atoms with Crippen LogP contribution in [0.25, 0.3) is 22.6 Å². The minimum absolute atomic E-state index is 0.245. The van der Waals surface area contributed by atoms with E-state index in [2.05, 4.69) is 35.0 Å². The van der Waals surface area contributed by atoms with Gasteiger partial charge in [-0.05, 0) is 54.8 Å². The van der Waals surface area contributed by atoms with E-state index in [-0.39, 0.29) is 23.2 Å². The number of alkyl halides is 3. The maximum absolute atomic E-state index is 13.1. The number of methoxy groups -OCH3 is 1. The Bertz CT molecular complexity index is 1760. The Morgan fingerprint density at radius 2 is 1.82 bits per heavy atom. The van der Waals surface area contributed by atoms with Gasteiger partial charge in [-0.1, -0.05) is 12.1 Å². The van der Waals surface area contributed by atoms with Crippen LogP contribution in [0.3, 0.4) is 0 Å². The Hall–Kier alpha value is -5.11. The first-order valence-electron chi connectivity index (χ1n) is 13.8. The van der Waals surface area contributed by atoms with Gasteiger partial charge in [-0.15, -0.1) is 13.2 Å². The van der Waals surface area contributed by atoms with E-state index in [1.54, 1.807) is 30.0 Å². The van der Waals surface area contributed by atoms with Crippen LogP contribution in [0.4, 0.5) is 24.8 Å². The number of imidazole rings is 1. The van der Waals surface area contributed by atoms with Crippen molar-refractivity contribution in [1.82, 2.24) is 24.7 Å². The Balaban J connectivity index is 1.27. The number of fused-ring (bicyclic) bond motifs is 1. The lowest BCUT2D eigenvalue weighted by Gasteiger charge is -2.30. The number of hydrogen-bond acceptors (Lipinski definition) is 8. The van der Waals surface area contributed by atoms with Crippen molar-refractivity contribution in [3.63, 3.8) is 0 Å². The summed E-state index contributed by atoms with van der Waals surface area (Å²) in [4.78, 5) is 27.2. The van der Waals surface area contributed by atoms with E-state index in [0.717, 1.165) is 11.4 Å². The number of carbonyl (C=O) groups excluding carboxylic acids is 1. The third-order valence-corrected chi connectivity index (χ3v) is 7.24. The molecule has 3 aromatic heterocycles.